The van der Waals surface area contributed by atoms with E-state index < -0.39 is 0 Å². The molecule has 0 aliphatic carbocycles. The van der Waals surface area contributed by atoms with Crippen LogP contribution in [-0.2, 0) is 12.8 Å². The van der Waals surface area contributed by atoms with Crippen molar-refractivity contribution in [1.29, 1.82) is 0 Å². The summed E-state index contributed by atoms with van der Waals surface area (Å²) in [7, 11) is 0. The molecule has 62 heavy (non-hydrogen) atoms. The van der Waals surface area contributed by atoms with Crippen LogP contribution in [0.15, 0.2) is 84.9 Å². The van der Waals surface area contributed by atoms with Crippen LogP contribution < -0.4 is 0 Å². The van der Waals surface area contributed by atoms with Crippen molar-refractivity contribution in [1.82, 2.24) is 0 Å². The summed E-state index contributed by atoms with van der Waals surface area (Å²) in [5.41, 5.74) is 3.17. The van der Waals surface area contributed by atoms with Crippen molar-refractivity contribution in [2.75, 3.05) is 0 Å². The van der Waals surface area contributed by atoms with E-state index in [2.05, 4.69) is 98.8 Å². The van der Waals surface area contributed by atoms with Crippen LogP contribution in [0.4, 0.5) is 0 Å². The lowest BCUT2D eigenvalue weighted by Crippen LogP contribution is -2.02. The van der Waals surface area contributed by atoms with Crippen molar-refractivity contribution >= 4 is 118 Å². The van der Waals surface area contributed by atoms with Crippen LogP contribution in [-0.4, -0.2) is 0 Å². The first-order valence-electron chi connectivity index (χ1n) is 25.5. The first kappa shape index (κ1) is 38.7. The SMILES string of the molecule is CCCCCCCCCCCCc1c2cccc3c4ccc5ccc6c(CCCCCCCCCCCC)c7cccc8c9ccc%10ccc1c1c%10c9c9c(c78)c6c5c4c9c1c23. The van der Waals surface area contributed by atoms with E-state index in [0.717, 1.165) is 12.8 Å². The molecule has 0 aromatic heterocycles. The maximum absolute atomic E-state index is 2.52. The van der Waals surface area contributed by atoms with Crippen molar-refractivity contribution < 1.29 is 0 Å². The second-order valence-electron chi connectivity index (χ2n) is 19.9. The number of rotatable bonds is 22. The van der Waals surface area contributed by atoms with Crippen molar-refractivity contribution in [3.63, 3.8) is 0 Å². The average Bonchev–Trinajstić information content (AvgIpc) is 3.31. The third-order valence-corrected chi connectivity index (χ3v) is 16.2. The first-order chi connectivity index (χ1) is 30.8. The number of aryl methyl sites for hydroxylation is 2. The van der Waals surface area contributed by atoms with Gasteiger partial charge in [0.25, 0.3) is 0 Å². The zero-order chi connectivity index (χ0) is 41.3. The smallest absolute Gasteiger partial charge is 0.0000257 e. The molecule has 12 aromatic carbocycles. The van der Waals surface area contributed by atoms with E-state index in [0.29, 0.717) is 0 Å². The topological polar surface area (TPSA) is 0 Å². The Labute approximate surface area is 368 Å². The number of hydrogen-bond donors (Lipinski definition) is 0. The van der Waals surface area contributed by atoms with Gasteiger partial charge in [-0.1, -0.05) is 214 Å². The van der Waals surface area contributed by atoms with Crippen LogP contribution >= 0.6 is 0 Å². The Kier molecular flexibility index (Phi) is 9.99. The minimum Gasteiger partial charge on any atom is -0.0654 e. The fraction of sp³-hybridized carbons (Fsp3) is 0.387. The monoisotopic (exact) mass is 809 g/mol. The molecule has 0 saturated heterocycles. The Balaban J connectivity index is 1.03. The molecule has 0 heteroatoms. The Hall–Kier alpha value is -4.94. The lowest BCUT2D eigenvalue weighted by molar-refractivity contribution is 0.557. The molecule has 0 bridgehead atoms. The van der Waals surface area contributed by atoms with E-state index in [1.807, 2.05) is 0 Å². The van der Waals surface area contributed by atoms with Gasteiger partial charge in [0.15, 0.2) is 0 Å². The third kappa shape index (κ3) is 5.77. The quantitative estimate of drug-likeness (QED) is 0.0363. The van der Waals surface area contributed by atoms with Gasteiger partial charge in [-0.05, 0) is 155 Å². The predicted molar refractivity (Wildman–Crippen MR) is 277 cm³/mol. The maximum Gasteiger partial charge on any atom is -0.0000257 e. The minimum absolute atomic E-state index is 1.15. The lowest BCUT2D eigenvalue weighted by atomic mass is 9.73. The van der Waals surface area contributed by atoms with Gasteiger partial charge in [0, 0.05) is 0 Å². The highest BCUT2D eigenvalue weighted by Crippen LogP contribution is 2.59. The normalized spacial score (nSPS) is 13.1. The van der Waals surface area contributed by atoms with Crippen molar-refractivity contribution in [2.45, 2.75) is 155 Å². The van der Waals surface area contributed by atoms with Gasteiger partial charge in [-0.3, -0.25) is 0 Å². The Morgan fingerprint density at radius 3 is 0.887 bits per heavy atom. The Morgan fingerprint density at radius 2 is 0.500 bits per heavy atom. The molecule has 0 fully saturated rings. The molecule has 0 unspecified atom stereocenters. The number of unbranched alkanes of at least 4 members (excludes halogenated alkanes) is 18. The fourth-order valence-electron chi connectivity index (χ4n) is 13.3. The molecular weight excluding hydrogens is 745 g/mol. The summed E-state index contributed by atoms with van der Waals surface area (Å²) >= 11 is 0. The molecule has 0 heterocycles. The zero-order valence-electron chi connectivity index (χ0n) is 37.6. The van der Waals surface area contributed by atoms with Crippen molar-refractivity contribution in [2.24, 2.45) is 0 Å². The van der Waals surface area contributed by atoms with Gasteiger partial charge in [0.05, 0.1) is 0 Å². The summed E-state index contributed by atoms with van der Waals surface area (Å²) in [5.74, 6) is 0. The first-order valence-corrected chi connectivity index (χ1v) is 25.5. The second kappa shape index (κ2) is 16.0. The molecule has 0 atom stereocenters. The Bertz CT molecular complexity index is 3200. The third-order valence-electron chi connectivity index (χ3n) is 16.2. The molecule has 0 saturated carbocycles. The summed E-state index contributed by atoms with van der Waals surface area (Å²) in [4.78, 5) is 0. The van der Waals surface area contributed by atoms with Crippen LogP contribution in [0.3, 0.4) is 0 Å². The summed E-state index contributed by atoms with van der Waals surface area (Å²) in [6, 6.07) is 34.5. The largest absolute Gasteiger partial charge is 0.0654 e. The van der Waals surface area contributed by atoms with E-state index in [-0.39, 0.29) is 0 Å². The summed E-state index contributed by atoms with van der Waals surface area (Å²) < 4.78 is 0. The van der Waals surface area contributed by atoms with Crippen molar-refractivity contribution in [3.8, 4) is 0 Å². The lowest BCUT2D eigenvalue weighted by Gasteiger charge is -2.29. The summed E-state index contributed by atoms with van der Waals surface area (Å²) in [5, 5.41) is 32.9. The molecule has 312 valence electrons. The van der Waals surface area contributed by atoms with Gasteiger partial charge >= 0.3 is 0 Å². The number of benzene rings is 12. The van der Waals surface area contributed by atoms with E-state index in [1.54, 1.807) is 11.1 Å². The standard InChI is InChI=1S/C62H64/c1-3-5-7-9-11-13-15-17-19-21-25-41-43-27-23-29-45-49-37-34-40-32-36-48-42(26-22-20-18-16-14-12-10-8-6-4-2)44-28-24-30-46-50-38-33-39-31-35-47(41)55-51(39)57(50)62-60(54(44)46)56(48)52(40)58(49)61(62)59(55)53(43)45/h23-24,27-38H,3-22,25-26H2,1-2H3. The molecule has 12 rings (SSSR count). The molecule has 12 aromatic rings. The number of hydrogen-bond acceptors (Lipinski definition) is 0. The minimum atomic E-state index is 1.15. The van der Waals surface area contributed by atoms with Crippen LogP contribution in [0.1, 0.15) is 153 Å². The van der Waals surface area contributed by atoms with E-state index >= 15 is 0 Å². The highest BCUT2D eigenvalue weighted by Gasteiger charge is 2.31. The van der Waals surface area contributed by atoms with E-state index in [1.165, 1.54) is 247 Å². The summed E-state index contributed by atoms with van der Waals surface area (Å²) in [6.07, 6.45) is 29.8. The van der Waals surface area contributed by atoms with Gasteiger partial charge < -0.3 is 0 Å². The second-order valence-corrected chi connectivity index (χ2v) is 19.9. The van der Waals surface area contributed by atoms with Crippen LogP contribution in [0.5, 0.6) is 0 Å². The molecule has 0 amide bonds. The molecule has 0 aliphatic heterocycles. The predicted octanol–water partition coefficient (Wildman–Crippen LogP) is 19.9. The van der Waals surface area contributed by atoms with Crippen LogP contribution in [0.2, 0.25) is 0 Å². The zero-order valence-corrected chi connectivity index (χ0v) is 37.6. The van der Waals surface area contributed by atoms with Crippen LogP contribution in [0, 0.1) is 0 Å². The van der Waals surface area contributed by atoms with Gasteiger partial charge in [-0.2, -0.15) is 0 Å². The molecule has 0 N–H and O–H groups in total. The van der Waals surface area contributed by atoms with E-state index in [9.17, 15) is 0 Å². The summed E-state index contributed by atoms with van der Waals surface area (Å²) in [6.45, 7) is 4.63. The molecule has 0 aliphatic rings. The molecule has 0 nitrogen and oxygen atoms in total. The van der Waals surface area contributed by atoms with Gasteiger partial charge in [0.2, 0.25) is 0 Å². The molecule has 0 radical (unpaired) electrons. The highest BCUT2D eigenvalue weighted by molar-refractivity contribution is 6.58. The van der Waals surface area contributed by atoms with E-state index in [4.69, 9.17) is 0 Å². The Morgan fingerprint density at radius 1 is 0.226 bits per heavy atom. The molecule has 0 spiro atoms. The maximum atomic E-state index is 2.52. The average molecular weight is 809 g/mol. The van der Waals surface area contributed by atoms with Crippen molar-refractivity contribution in [3.05, 3.63) is 96.1 Å². The van der Waals surface area contributed by atoms with Gasteiger partial charge in [0.1, 0.15) is 0 Å². The van der Waals surface area contributed by atoms with Gasteiger partial charge in [-0.25, -0.2) is 0 Å². The number of fused-ring (bicyclic) bond motifs is 2. The van der Waals surface area contributed by atoms with Crippen LogP contribution in [0.25, 0.3) is 118 Å². The fourth-order valence-corrected chi connectivity index (χ4v) is 13.3. The highest BCUT2D eigenvalue weighted by atomic mass is 14.3. The molecular formula is C62H64. The van der Waals surface area contributed by atoms with Gasteiger partial charge in [-0.15, -0.1) is 0 Å².